The molecule has 0 saturated carbocycles. The lowest BCUT2D eigenvalue weighted by atomic mass is 10.1. The van der Waals surface area contributed by atoms with Gasteiger partial charge in [0, 0.05) is 76.4 Å². The monoisotopic (exact) mass is 582 g/mol. The van der Waals surface area contributed by atoms with Gasteiger partial charge in [0.05, 0.1) is 17.1 Å². The van der Waals surface area contributed by atoms with Crippen molar-refractivity contribution in [3.8, 4) is 0 Å². The topological polar surface area (TPSA) is 172 Å². The van der Waals surface area contributed by atoms with Crippen molar-refractivity contribution >= 4 is 17.1 Å². The van der Waals surface area contributed by atoms with Crippen LogP contribution >= 0.6 is 0 Å². The fourth-order valence-corrected chi connectivity index (χ4v) is 5.33. The van der Waals surface area contributed by atoms with Crippen LogP contribution in [0.5, 0.6) is 0 Å². The second kappa shape index (κ2) is 15.4. The van der Waals surface area contributed by atoms with E-state index in [-0.39, 0.29) is 34.8 Å². The third-order valence-corrected chi connectivity index (χ3v) is 7.76. The molecule has 42 heavy (non-hydrogen) atoms. The smallest absolute Gasteiger partial charge is 0.273 e. The number of nitrogens with zero attached hydrogens (tertiary/aromatic N) is 3. The molecule has 6 rings (SSSR count). The Morgan fingerprint density at radius 1 is 0.476 bits per heavy atom. The molecule has 3 aliphatic rings. The Balaban J connectivity index is 0.000000145. The van der Waals surface area contributed by atoms with Crippen LogP contribution in [-0.4, -0.2) is 53.3 Å². The van der Waals surface area contributed by atoms with Crippen molar-refractivity contribution < 1.29 is 14.2 Å². The molecule has 12 nitrogen and oxygen atoms in total. The Morgan fingerprint density at radius 2 is 0.714 bits per heavy atom. The maximum atomic E-state index is 11.7. The summed E-state index contributed by atoms with van der Waals surface area (Å²) in [4.78, 5) is 35.0. The Hall–Kier alpha value is -3.87. The van der Waals surface area contributed by atoms with Crippen molar-refractivity contribution in [3.05, 3.63) is 86.1 Å². The number of rotatable bonds is 3. The molecule has 0 aliphatic carbocycles. The minimum absolute atomic E-state index is 0.0839. The molecule has 0 amide bonds. The van der Waals surface area contributed by atoms with Gasteiger partial charge in [-0.05, 0) is 74.9 Å². The Morgan fingerprint density at radius 3 is 0.952 bits per heavy atom. The van der Waals surface area contributed by atoms with Crippen LogP contribution in [0.4, 0.5) is 17.1 Å². The third-order valence-electron chi connectivity index (χ3n) is 7.76. The Kier molecular flexibility index (Phi) is 11.4. The molecule has 3 fully saturated rings. The quantitative estimate of drug-likeness (QED) is 0.419. The van der Waals surface area contributed by atoms with Gasteiger partial charge in [-0.1, -0.05) is 0 Å². The van der Waals surface area contributed by atoms with Gasteiger partial charge in [0.25, 0.3) is 16.7 Å². The second-order valence-electron chi connectivity index (χ2n) is 10.6. The number of ether oxygens (including phenoxy) is 3. The summed E-state index contributed by atoms with van der Waals surface area (Å²) in [6.07, 6.45) is 10.8. The van der Waals surface area contributed by atoms with Crippen molar-refractivity contribution in [3.63, 3.8) is 0 Å². The normalized spacial score (nSPS) is 18.3. The van der Waals surface area contributed by atoms with E-state index in [4.69, 9.17) is 31.4 Å². The van der Waals surface area contributed by atoms with E-state index in [1.807, 2.05) is 18.2 Å². The van der Waals surface area contributed by atoms with Crippen molar-refractivity contribution in [1.82, 2.24) is 13.7 Å². The van der Waals surface area contributed by atoms with Gasteiger partial charge < -0.3 is 45.1 Å². The number of nitrogen functional groups attached to an aromatic ring is 3. The zero-order chi connectivity index (χ0) is 29.9. The van der Waals surface area contributed by atoms with Crippen LogP contribution in [0.3, 0.4) is 0 Å². The minimum atomic E-state index is -0.0839. The summed E-state index contributed by atoms with van der Waals surface area (Å²) >= 11 is 0. The summed E-state index contributed by atoms with van der Waals surface area (Å²) < 4.78 is 20.9. The third kappa shape index (κ3) is 8.11. The summed E-state index contributed by atoms with van der Waals surface area (Å²) in [6, 6.07) is 11.1. The fraction of sp³-hybridized carbons (Fsp3) is 0.500. The summed E-state index contributed by atoms with van der Waals surface area (Å²) in [5, 5.41) is 0. The van der Waals surface area contributed by atoms with Gasteiger partial charge in [-0.25, -0.2) is 0 Å². The standard InChI is InChI=1S/3C10H14N2O2/c3*11-9-2-1-5-12(10(9)13)8-3-6-14-7-4-8/h3*1-2,5,8H,3-4,6-7,11H2. The maximum Gasteiger partial charge on any atom is 0.273 e. The molecule has 6 N–H and O–H groups in total. The summed E-state index contributed by atoms with van der Waals surface area (Å²) in [5.41, 5.74) is 17.4. The van der Waals surface area contributed by atoms with E-state index in [1.165, 1.54) is 0 Å². The van der Waals surface area contributed by atoms with E-state index in [1.54, 1.807) is 50.5 Å². The highest BCUT2D eigenvalue weighted by molar-refractivity contribution is 5.35. The van der Waals surface area contributed by atoms with Crippen LogP contribution in [0.1, 0.15) is 56.7 Å². The van der Waals surface area contributed by atoms with E-state index < -0.39 is 0 Å². The predicted octanol–water partition coefficient (Wildman–Crippen LogP) is 2.35. The molecule has 12 heteroatoms. The van der Waals surface area contributed by atoms with Crippen molar-refractivity contribution in [1.29, 1.82) is 0 Å². The summed E-state index contributed by atoms with van der Waals surface area (Å²) in [7, 11) is 0. The first-order valence-electron chi connectivity index (χ1n) is 14.5. The van der Waals surface area contributed by atoms with Gasteiger partial charge >= 0.3 is 0 Å². The Bertz CT molecular complexity index is 1270. The Labute approximate surface area is 244 Å². The first kappa shape index (κ1) is 31.1. The zero-order valence-electron chi connectivity index (χ0n) is 23.9. The molecular weight excluding hydrogens is 540 g/mol. The van der Waals surface area contributed by atoms with Gasteiger partial charge in [0.1, 0.15) is 0 Å². The van der Waals surface area contributed by atoms with Crippen molar-refractivity contribution in [2.75, 3.05) is 56.8 Å². The van der Waals surface area contributed by atoms with E-state index >= 15 is 0 Å². The fourth-order valence-electron chi connectivity index (χ4n) is 5.33. The summed E-state index contributed by atoms with van der Waals surface area (Å²) in [6.45, 7) is 4.37. The number of nitrogens with two attached hydrogens (primary N) is 3. The summed E-state index contributed by atoms with van der Waals surface area (Å²) in [5.74, 6) is 0. The largest absolute Gasteiger partial charge is 0.394 e. The first-order valence-corrected chi connectivity index (χ1v) is 14.5. The zero-order valence-corrected chi connectivity index (χ0v) is 23.9. The van der Waals surface area contributed by atoms with Gasteiger partial charge in [-0.2, -0.15) is 0 Å². The lowest BCUT2D eigenvalue weighted by molar-refractivity contribution is 0.0686. The molecular formula is C30H42N6O6. The number of hydrogen-bond donors (Lipinski definition) is 3. The number of anilines is 3. The lowest BCUT2D eigenvalue weighted by Crippen LogP contribution is -2.29. The van der Waals surface area contributed by atoms with Crippen molar-refractivity contribution in [2.45, 2.75) is 56.7 Å². The second-order valence-corrected chi connectivity index (χ2v) is 10.6. The van der Waals surface area contributed by atoms with Gasteiger partial charge in [0.2, 0.25) is 0 Å². The SMILES string of the molecule is Nc1cccn(C2CCOCC2)c1=O.Nc1cccn(C2CCOCC2)c1=O.Nc1cccn(C2CCOCC2)c1=O. The minimum Gasteiger partial charge on any atom is -0.394 e. The average Bonchev–Trinajstić information content (AvgIpc) is 3.03. The highest BCUT2D eigenvalue weighted by Crippen LogP contribution is 2.20. The molecule has 0 unspecified atom stereocenters. The molecule has 6 heterocycles. The van der Waals surface area contributed by atoms with Crippen LogP contribution in [0, 0.1) is 0 Å². The van der Waals surface area contributed by atoms with Gasteiger partial charge in [-0.15, -0.1) is 0 Å². The van der Waals surface area contributed by atoms with Gasteiger partial charge in [-0.3, -0.25) is 14.4 Å². The molecule has 0 aromatic carbocycles. The lowest BCUT2D eigenvalue weighted by Gasteiger charge is -2.24. The molecule has 0 radical (unpaired) electrons. The molecule has 228 valence electrons. The highest BCUT2D eigenvalue weighted by Gasteiger charge is 2.18. The molecule has 3 aromatic heterocycles. The molecule has 0 bridgehead atoms. The highest BCUT2D eigenvalue weighted by atomic mass is 16.5. The first-order chi connectivity index (χ1) is 20.4. The molecule has 0 atom stereocenters. The van der Waals surface area contributed by atoms with Crippen molar-refractivity contribution in [2.24, 2.45) is 0 Å². The van der Waals surface area contributed by atoms with Crippen LogP contribution < -0.4 is 33.9 Å². The van der Waals surface area contributed by atoms with Crippen LogP contribution in [0.25, 0.3) is 0 Å². The van der Waals surface area contributed by atoms with E-state index in [2.05, 4.69) is 0 Å². The molecule has 3 aromatic rings. The predicted molar refractivity (Wildman–Crippen MR) is 163 cm³/mol. The van der Waals surface area contributed by atoms with E-state index in [0.29, 0.717) is 17.1 Å². The maximum absolute atomic E-state index is 11.7. The van der Waals surface area contributed by atoms with E-state index in [0.717, 1.165) is 78.2 Å². The molecule has 0 spiro atoms. The van der Waals surface area contributed by atoms with Crippen LogP contribution in [0.15, 0.2) is 69.4 Å². The molecule has 3 saturated heterocycles. The number of hydrogen-bond acceptors (Lipinski definition) is 9. The van der Waals surface area contributed by atoms with Gasteiger partial charge in [0.15, 0.2) is 0 Å². The number of pyridine rings is 3. The van der Waals surface area contributed by atoms with E-state index in [9.17, 15) is 14.4 Å². The average molecular weight is 583 g/mol. The number of aromatic nitrogens is 3. The van der Waals surface area contributed by atoms with Crippen LogP contribution in [-0.2, 0) is 14.2 Å². The van der Waals surface area contributed by atoms with Crippen LogP contribution in [0.2, 0.25) is 0 Å². The molecule has 3 aliphatic heterocycles.